The Bertz CT molecular complexity index is 911. The van der Waals surface area contributed by atoms with Gasteiger partial charge in [0.25, 0.3) is 11.8 Å². The van der Waals surface area contributed by atoms with Gasteiger partial charge >= 0.3 is 0 Å². The number of carbonyl (C=O) groups is 4. The van der Waals surface area contributed by atoms with Crippen molar-refractivity contribution in [1.82, 2.24) is 15.5 Å². The number of hydrogen-bond donors (Lipinski definition) is 2. The number of nitrogens with zero attached hydrogens (tertiary/aromatic N) is 2. The van der Waals surface area contributed by atoms with Gasteiger partial charge in [-0.05, 0) is 55.8 Å². The number of rotatable bonds is 2. The van der Waals surface area contributed by atoms with Crippen LogP contribution in [-0.2, 0) is 9.59 Å². The molecule has 8 nitrogen and oxygen atoms in total. The van der Waals surface area contributed by atoms with E-state index < -0.39 is 23.8 Å². The van der Waals surface area contributed by atoms with Crippen LogP contribution in [0.4, 0.5) is 5.69 Å². The maximum atomic E-state index is 13.0. The summed E-state index contributed by atoms with van der Waals surface area (Å²) in [4.78, 5) is 52.7. The van der Waals surface area contributed by atoms with Gasteiger partial charge in [0.2, 0.25) is 11.8 Å². The second-order valence-corrected chi connectivity index (χ2v) is 8.59. The fraction of sp³-hybridized carbons (Fsp3) is 0.524. The lowest BCUT2D eigenvalue weighted by Gasteiger charge is -2.40. The third-order valence-electron chi connectivity index (χ3n) is 6.94. The van der Waals surface area contributed by atoms with Gasteiger partial charge in [-0.3, -0.25) is 29.4 Å². The molecule has 4 amide bonds. The van der Waals surface area contributed by atoms with Crippen molar-refractivity contribution in [1.29, 1.82) is 0 Å². The van der Waals surface area contributed by atoms with Crippen LogP contribution < -0.4 is 15.5 Å². The molecule has 3 saturated heterocycles. The van der Waals surface area contributed by atoms with Crippen LogP contribution in [-0.4, -0.2) is 60.7 Å². The van der Waals surface area contributed by atoms with E-state index in [4.69, 9.17) is 0 Å². The molecule has 0 aliphatic carbocycles. The third-order valence-corrected chi connectivity index (χ3v) is 6.94. The number of fused-ring (bicyclic) bond motifs is 1. The molecule has 4 aliphatic rings. The first-order chi connectivity index (χ1) is 14.0. The fourth-order valence-corrected chi connectivity index (χ4v) is 5.12. The summed E-state index contributed by atoms with van der Waals surface area (Å²) in [6.07, 6.45) is 3.75. The number of hydrogen-bond acceptors (Lipinski definition) is 6. The average Bonchev–Trinajstić information content (AvgIpc) is 3.26. The van der Waals surface area contributed by atoms with Crippen molar-refractivity contribution in [2.24, 2.45) is 5.41 Å². The molecule has 4 aliphatic heterocycles. The Hall–Kier alpha value is -2.74. The van der Waals surface area contributed by atoms with Crippen molar-refractivity contribution >= 4 is 29.3 Å². The number of piperidine rings is 2. The third kappa shape index (κ3) is 2.93. The molecule has 0 bridgehead atoms. The van der Waals surface area contributed by atoms with E-state index in [9.17, 15) is 19.2 Å². The molecule has 5 rings (SSSR count). The smallest absolute Gasteiger partial charge is 0.262 e. The van der Waals surface area contributed by atoms with Crippen LogP contribution in [0.15, 0.2) is 18.2 Å². The van der Waals surface area contributed by atoms with Gasteiger partial charge < -0.3 is 10.2 Å². The summed E-state index contributed by atoms with van der Waals surface area (Å²) in [5.41, 5.74) is 2.02. The first-order valence-electron chi connectivity index (χ1n) is 10.3. The van der Waals surface area contributed by atoms with E-state index in [1.807, 2.05) is 6.07 Å². The number of benzene rings is 1. The molecule has 4 heterocycles. The molecule has 29 heavy (non-hydrogen) atoms. The zero-order chi connectivity index (χ0) is 20.2. The lowest BCUT2D eigenvalue weighted by molar-refractivity contribution is -0.136. The summed E-state index contributed by atoms with van der Waals surface area (Å²) >= 11 is 0. The molecule has 1 aromatic rings. The predicted molar refractivity (Wildman–Crippen MR) is 104 cm³/mol. The van der Waals surface area contributed by atoms with Gasteiger partial charge in [-0.15, -0.1) is 0 Å². The molecule has 1 atom stereocenters. The molecule has 0 radical (unpaired) electrons. The normalized spacial score (nSPS) is 26.3. The van der Waals surface area contributed by atoms with Gasteiger partial charge in [0.15, 0.2) is 0 Å². The number of nitrogens with one attached hydrogen (secondary N) is 2. The SMILES string of the molecule is O=C1CCC(N2C(=O)c3ccc(N4CCC5(CCNC5)CC4)cc3C2=O)C(=O)N1. The van der Waals surface area contributed by atoms with Crippen LogP contribution in [0.2, 0.25) is 0 Å². The van der Waals surface area contributed by atoms with E-state index in [-0.39, 0.29) is 18.7 Å². The molecule has 1 unspecified atom stereocenters. The highest BCUT2D eigenvalue weighted by atomic mass is 16.2. The highest BCUT2D eigenvalue weighted by Crippen LogP contribution is 2.39. The van der Waals surface area contributed by atoms with E-state index in [0.29, 0.717) is 16.5 Å². The Morgan fingerprint density at radius 1 is 0.966 bits per heavy atom. The van der Waals surface area contributed by atoms with Gasteiger partial charge in [-0.1, -0.05) is 0 Å². The van der Waals surface area contributed by atoms with Crippen molar-refractivity contribution < 1.29 is 19.2 Å². The number of imide groups is 2. The van der Waals surface area contributed by atoms with Crippen LogP contribution in [0.1, 0.15) is 52.8 Å². The maximum Gasteiger partial charge on any atom is 0.262 e. The summed E-state index contributed by atoms with van der Waals surface area (Å²) in [6, 6.07) is 4.45. The topological polar surface area (TPSA) is 98.8 Å². The van der Waals surface area contributed by atoms with E-state index in [1.54, 1.807) is 12.1 Å². The number of amides is 4. The Morgan fingerprint density at radius 2 is 1.72 bits per heavy atom. The largest absolute Gasteiger partial charge is 0.371 e. The molecule has 2 N–H and O–H groups in total. The molecule has 1 aromatic carbocycles. The van der Waals surface area contributed by atoms with Crippen LogP contribution >= 0.6 is 0 Å². The molecule has 152 valence electrons. The van der Waals surface area contributed by atoms with Crippen molar-refractivity contribution in [2.75, 3.05) is 31.1 Å². The maximum absolute atomic E-state index is 13.0. The quantitative estimate of drug-likeness (QED) is 0.713. The second kappa shape index (κ2) is 6.66. The van der Waals surface area contributed by atoms with E-state index in [1.165, 1.54) is 6.42 Å². The number of anilines is 1. The highest BCUT2D eigenvalue weighted by molar-refractivity contribution is 6.23. The Labute approximate surface area is 168 Å². The van der Waals surface area contributed by atoms with Crippen LogP contribution in [0, 0.1) is 5.41 Å². The van der Waals surface area contributed by atoms with Crippen molar-refractivity contribution in [2.45, 2.75) is 38.1 Å². The van der Waals surface area contributed by atoms with Crippen molar-refractivity contribution in [3.63, 3.8) is 0 Å². The van der Waals surface area contributed by atoms with E-state index in [0.717, 1.165) is 49.6 Å². The van der Waals surface area contributed by atoms with Gasteiger partial charge in [0.05, 0.1) is 11.1 Å². The Kier molecular flexibility index (Phi) is 4.20. The average molecular weight is 396 g/mol. The fourth-order valence-electron chi connectivity index (χ4n) is 5.12. The van der Waals surface area contributed by atoms with Crippen LogP contribution in [0.25, 0.3) is 0 Å². The molecular formula is C21H24N4O4. The zero-order valence-electron chi connectivity index (χ0n) is 16.2. The molecule has 0 aromatic heterocycles. The van der Waals surface area contributed by atoms with Crippen LogP contribution in [0.3, 0.4) is 0 Å². The van der Waals surface area contributed by atoms with Gasteiger partial charge in [0.1, 0.15) is 6.04 Å². The summed E-state index contributed by atoms with van der Waals surface area (Å²) in [5.74, 6) is -1.86. The van der Waals surface area contributed by atoms with Crippen molar-refractivity contribution in [3.8, 4) is 0 Å². The summed E-state index contributed by atoms with van der Waals surface area (Å²) in [5, 5.41) is 5.69. The summed E-state index contributed by atoms with van der Waals surface area (Å²) < 4.78 is 0. The van der Waals surface area contributed by atoms with Gasteiger partial charge in [-0.2, -0.15) is 0 Å². The Morgan fingerprint density at radius 3 is 2.41 bits per heavy atom. The molecule has 3 fully saturated rings. The van der Waals surface area contributed by atoms with E-state index in [2.05, 4.69) is 15.5 Å². The monoisotopic (exact) mass is 396 g/mol. The summed E-state index contributed by atoms with van der Waals surface area (Å²) in [6.45, 7) is 4.03. The lowest BCUT2D eigenvalue weighted by atomic mass is 9.77. The Balaban J connectivity index is 1.36. The van der Waals surface area contributed by atoms with Gasteiger partial charge in [0, 0.05) is 31.7 Å². The van der Waals surface area contributed by atoms with Gasteiger partial charge in [-0.25, -0.2) is 0 Å². The zero-order valence-corrected chi connectivity index (χ0v) is 16.2. The standard InChI is InChI=1S/C21H24N4O4/c26-17-4-3-16(18(27)23-17)25-19(28)14-2-1-13(11-15(14)20(25)29)24-9-6-21(7-10-24)5-8-22-12-21/h1-2,11,16,22H,3-10,12H2,(H,23,26,27). The van der Waals surface area contributed by atoms with E-state index >= 15 is 0 Å². The molecule has 1 spiro atoms. The first kappa shape index (κ1) is 18.3. The first-order valence-corrected chi connectivity index (χ1v) is 10.3. The molecule has 8 heteroatoms. The molecule has 0 saturated carbocycles. The van der Waals surface area contributed by atoms with Crippen LogP contribution in [0.5, 0.6) is 0 Å². The minimum absolute atomic E-state index is 0.124. The summed E-state index contributed by atoms with van der Waals surface area (Å²) in [7, 11) is 0. The second-order valence-electron chi connectivity index (χ2n) is 8.59. The number of carbonyl (C=O) groups excluding carboxylic acids is 4. The van der Waals surface area contributed by atoms with Crippen molar-refractivity contribution in [3.05, 3.63) is 29.3 Å². The predicted octanol–water partition coefficient (Wildman–Crippen LogP) is 0.668. The minimum Gasteiger partial charge on any atom is -0.371 e. The molecular weight excluding hydrogens is 372 g/mol. The lowest BCUT2D eigenvalue weighted by Crippen LogP contribution is -2.54. The minimum atomic E-state index is -0.923. The highest BCUT2D eigenvalue weighted by Gasteiger charge is 2.45.